The third kappa shape index (κ3) is 3.75. The first-order valence-corrected chi connectivity index (χ1v) is 13.8. The molecule has 4 atom stereocenters. The van der Waals surface area contributed by atoms with Crippen LogP contribution in [-0.2, 0) is 15.0 Å². The number of aryl methyl sites for hydroxylation is 1. The van der Waals surface area contributed by atoms with Crippen LogP contribution in [0.1, 0.15) is 47.8 Å². The van der Waals surface area contributed by atoms with Gasteiger partial charge in [0.25, 0.3) is 0 Å². The van der Waals surface area contributed by atoms with E-state index < -0.39 is 28.8 Å². The van der Waals surface area contributed by atoms with Crippen LogP contribution in [0.4, 0.5) is 11.4 Å². The molecule has 1 fully saturated rings. The van der Waals surface area contributed by atoms with E-state index in [1.54, 1.807) is 18.2 Å². The first-order valence-electron chi connectivity index (χ1n) is 13.8. The number of Topliss-reactive ketones (excluding diaryl/α,β-unsaturated/α-hetero) is 2. The van der Waals surface area contributed by atoms with Crippen molar-refractivity contribution in [2.75, 3.05) is 24.4 Å². The highest BCUT2D eigenvalue weighted by Crippen LogP contribution is 2.58. The second kappa shape index (κ2) is 9.33. The molecule has 1 saturated heterocycles. The molecule has 210 valence electrons. The normalized spacial score (nSPS) is 24.0. The molecule has 3 heterocycles. The first kappa shape index (κ1) is 26.8. The molecule has 3 aromatic carbocycles. The molecule has 1 N–H and O–H groups in total. The number of hydrogen-bond acceptors (Lipinski definition) is 6. The summed E-state index contributed by atoms with van der Waals surface area (Å²) in [5.74, 6) is -0.963. The van der Waals surface area contributed by atoms with Crippen LogP contribution in [0.25, 0.3) is 6.08 Å². The molecule has 6 rings (SSSR count). The maximum Gasteiger partial charge on any atom is 0.238 e. The lowest BCUT2D eigenvalue weighted by Gasteiger charge is -2.38. The monoisotopic (exact) mass is 550 g/mol. The Morgan fingerprint density at radius 2 is 1.73 bits per heavy atom. The summed E-state index contributed by atoms with van der Waals surface area (Å²) in [4.78, 5) is 46.1. The van der Waals surface area contributed by atoms with E-state index in [9.17, 15) is 9.59 Å². The number of fused-ring (bicyclic) bond motifs is 6. The van der Waals surface area contributed by atoms with Crippen molar-refractivity contribution in [2.45, 2.75) is 45.2 Å². The van der Waals surface area contributed by atoms with Crippen LogP contribution in [0.2, 0.25) is 0 Å². The number of carbonyl (C=O) groups excluding carboxylic acids is 3. The number of benzene rings is 3. The Morgan fingerprint density at radius 3 is 2.44 bits per heavy atom. The van der Waals surface area contributed by atoms with Gasteiger partial charge < -0.3 is 19.7 Å². The number of ether oxygens (including phenoxy) is 2. The van der Waals surface area contributed by atoms with Crippen LogP contribution in [0.5, 0.6) is 11.5 Å². The third-order valence-electron chi connectivity index (χ3n) is 8.75. The number of methoxy groups -OCH3 is 2. The van der Waals surface area contributed by atoms with Crippen molar-refractivity contribution in [3.8, 4) is 11.5 Å². The Balaban J connectivity index is 1.70. The number of nitrogens with zero attached hydrogens (tertiary/aromatic N) is 1. The molecule has 3 aromatic rings. The lowest BCUT2D eigenvalue weighted by Crippen LogP contribution is -2.51. The van der Waals surface area contributed by atoms with Gasteiger partial charge in [0.1, 0.15) is 23.0 Å². The van der Waals surface area contributed by atoms with Crippen molar-refractivity contribution >= 4 is 34.9 Å². The van der Waals surface area contributed by atoms with Gasteiger partial charge in [-0.15, -0.1) is 0 Å². The first-order chi connectivity index (χ1) is 19.5. The average molecular weight is 551 g/mol. The van der Waals surface area contributed by atoms with Gasteiger partial charge in [0, 0.05) is 16.8 Å². The Bertz CT molecular complexity index is 1630. The van der Waals surface area contributed by atoms with Crippen LogP contribution < -0.4 is 19.7 Å². The minimum atomic E-state index is -1.37. The van der Waals surface area contributed by atoms with Crippen molar-refractivity contribution in [3.05, 3.63) is 89.0 Å². The Morgan fingerprint density at radius 1 is 0.976 bits per heavy atom. The molecule has 1 amide bonds. The van der Waals surface area contributed by atoms with Crippen LogP contribution in [-0.4, -0.2) is 43.8 Å². The predicted molar refractivity (Wildman–Crippen MR) is 159 cm³/mol. The highest BCUT2D eigenvalue weighted by atomic mass is 16.5. The molecule has 0 aromatic heterocycles. The fourth-order valence-corrected chi connectivity index (χ4v) is 6.92. The number of para-hydroxylation sites is 1. The molecule has 1 spiro atoms. The summed E-state index contributed by atoms with van der Waals surface area (Å²) < 4.78 is 11.1. The summed E-state index contributed by atoms with van der Waals surface area (Å²) in [6.45, 7) is 7.61. The molecule has 3 aliphatic rings. The highest BCUT2D eigenvalue weighted by molar-refractivity contribution is 6.17. The quantitative estimate of drug-likeness (QED) is 0.417. The summed E-state index contributed by atoms with van der Waals surface area (Å²) in [7, 11) is 3.03. The minimum absolute atomic E-state index is 0.112. The number of anilines is 2. The lowest BCUT2D eigenvalue weighted by molar-refractivity contribution is -0.128. The van der Waals surface area contributed by atoms with Gasteiger partial charge in [0.15, 0.2) is 11.6 Å². The molecule has 0 bridgehead atoms. The molecule has 7 heteroatoms. The molecule has 0 radical (unpaired) electrons. The van der Waals surface area contributed by atoms with Crippen molar-refractivity contribution in [1.82, 2.24) is 0 Å². The van der Waals surface area contributed by atoms with Crippen molar-refractivity contribution in [2.24, 2.45) is 11.3 Å². The fraction of sp³-hybridized carbons (Fsp3) is 0.324. The predicted octanol–water partition coefficient (Wildman–Crippen LogP) is 5.60. The Labute approximate surface area is 240 Å². The number of ketones is 2. The molecule has 7 nitrogen and oxygen atoms in total. The molecule has 0 saturated carbocycles. The van der Waals surface area contributed by atoms with E-state index in [0.717, 1.165) is 16.8 Å². The number of rotatable bonds is 5. The largest absolute Gasteiger partial charge is 0.497 e. The summed E-state index contributed by atoms with van der Waals surface area (Å²) in [5, 5.41) is 3.06. The number of hydrogen-bond donors (Lipinski definition) is 1. The van der Waals surface area contributed by atoms with Crippen molar-refractivity contribution in [3.63, 3.8) is 0 Å². The van der Waals surface area contributed by atoms with Crippen molar-refractivity contribution < 1.29 is 23.9 Å². The van der Waals surface area contributed by atoms with E-state index in [1.165, 1.54) is 14.2 Å². The molecular weight excluding hydrogens is 516 g/mol. The second-order valence-electron chi connectivity index (χ2n) is 12.1. The van der Waals surface area contributed by atoms with Crippen LogP contribution >= 0.6 is 0 Å². The van der Waals surface area contributed by atoms with Gasteiger partial charge in [-0.05, 0) is 54.4 Å². The van der Waals surface area contributed by atoms with E-state index in [0.29, 0.717) is 22.7 Å². The standard InChI is InChI=1S/C34H34N2O5/c1-19-11-14-25-20(17-19)12-16-27-34(23-9-7-8-10-24(23)35-32(34)39)28(29(36(25)27)31(38)33(2,3)4)30(37)22-18-21(40-5)13-15-26(22)41-6/h7-18,27-29H,1-6H3,(H,35,39)/t27-,28+,29-,34-/m1/s1. The van der Waals surface area contributed by atoms with Gasteiger partial charge in [-0.1, -0.05) is 62.8 Å². The molecule has 0 unspecified atom stereocenters. The second-order valence-corrected chi connectivity index (χ2v) is 12.1. The average Bonchev–Trinajstić information content (AvgIpc) is 3.43. The maximum absolute atomic E-state index is 15.0. The van der Waals surface area contributed by atoms with E-state index in [2.05, 4.69) is 11.4 Å². The van der Waals surface area contributed by atoms with Gasteiger partial charge >= 0.3 is 0 Å². The van der Waals surface area contributed by atoms with Gasteiger partial charge in [-0.2, -0.15) is 0 Å². The lowest BCUT2D eigenvalue weighted by atomic mass is 9.63. The number of amides is 1. The molecule has 41 heavy (non-hydrogen) atoms. The summed E-state index contributed by atoms with van der Waals surface area (Å²) in [6, 6.07) is 17.1. The molecule has 0 aliphatic carbocycles. The summed E-state index contributed by atoms with van der Waals surface area (Å²) in [5.41, 5.74) is 2.33. The topological polar surface area (TPSA) is 84.9 Å². The van der Waals surface area contributed by atoms with E-state index in [1.807, 2.05) is 81.1 Å². The minimum Gasteiger partial charge on any atom is -0.497 e. The fourth-order valence-electron chi connectivity index (χ4n) is 6.92. The zero-order valence-electron chi connectivity index (χ0n) is 24.1. The SMILES string of the molecule is COc1ccc(OC)c(C(=O)[C@@H]2[C@H](C(=O)C(C)(C)C)N3c4ccc(C)cc4C=C[C@@H]3[C@@]23C(=O)Nc2ccccc23)c1. The number of nitrogens with one attached hydrogen (secondary N) is 1. The van der Waals surface area contributed by atoms with E-state index in [-0.39, 0.29) is 23.0 Å². The molecular formula is C34H34N2O5. The van der Waals surface area contributed by atoms with Gasteiger partial charge in [0.05, 0.1) is 31.7 Å². The maximum atomic E-state index is 15.0. The Kier molecular flexibility index (Phi) is 6.10. The zero-order valence-corrected chi connectivity index (χ0v) is 24.1. The molecule has 3 aliphatic heterocycles. The highest BCUT2D eigenvalue weighted by Gasteiger charge is 2.71. The smallest absolute Gasteiger partial charge is 0.238 e. The van der Waals surface area contributed by atoms with E-state index >= 15 is 4.79 Å². The zero-order chi connectivity index (χ0) is 29.3. The summed E-state index contributed by atoms with van der Waals surface area (Å²) in [6.07, 6.45) is 4.00. The third-order valence-corrected chi connectivity index (χ3v) is 8.75. The van der Waals surface area contributed by atoms with Gasteiger partial charge in [-0.25, -0.2) is 0 Å². The van der Waals surface area contributed by atoms with Crippen LogP contribution in [0.3, 0.4) is 0 Å². The van der Waals surface area contributed by atoms with E-state index in [4.69, 9.17) is 9.47 Å². The Hall–Kier alpha value is -4.39. The summed E-state index contributed by atoms with van der Waals surface area (Å²) >= 11 is 0. The van der Waals surface area contributed by atoms with Crippen molar-refractivity contribution in [1.29, 1.82) is 0 Å². The number of carbonyl (C=O) groups is 3. The van der Waals surface area contributed by atoms with Gasteiger partial charge in [0.2, 0.25) is 5.91 Å². The van der Waals surface area contributed by atoms with Gasteiger partial charge in [-0.3, -0.25) is 14.4 Å². The van der Waals surface area contributed by atoms with Crippen LogP contribution in [0, 0.1) is 18.3 Å². The van der Waals surface area contributed by atoms with Crippen LogP contribution in [0.15, 0.2) is 66.7 Å².